The van der Waals surface area contributed by atoms with Gasteiger partial charge in [-0.05, 0) is 36.5 Å². The fourth-order valence-electron chi connectivity index (χ4n) is 2.03. The van der Waals surface area contributed by atoms with E-state index in [-0.39, 0.29) is 21.4 Å². The molecule has 0 aromatic heterocycles. The number of anilines is 1. The maximum absolute atomic E-state index is 12.2. The summed E-state index contributed by atoms with van der Waals surface area (Å²) in [6, 6.07) is 8.74. The number of hydrogen-bond acceptors (Lipinski definition) is 6. The Hall–Kier alpha value is -2.91. The van der Waals surface area contributed by atoms with Gasteiger partial charge >= 0.3 is 0 Å². The van der Waals surface area contributed by atoms with Crippen LogP contribution in [0, 0.1) is 10.1 Å². The number of ether oxygens (including phenoxy) is 2. The molecule has 2 aromatic carbocycles. The van der Waals surface area contributed by atoms with Crippen molar-refractivity contribution in [3.05, 3.63) is 57.1 Å². The van der Waals surface area contributed by atoms with Gasteiger partial charge in [-0.2, -0.15) is 0 Å². The van der Waals surface area contributed by atoms with E-state index in [1.807, 2.05) is 0 Å². The summed E-state index contributed by atoms with van der Waals surface area (Å²) in [4.78, 5) is 22.5. The van der Waals surface area contributed by atoms with Crippen LogP contribution in [0.5, 0.6) is 11.5 Å². The van der Waals surface area contributed by atoms with E-state index < -0.39 is 10.8 Å². The predicted octanol–water partition coefficient (Wildman–Crippen LogP) is 3.39. The Morgan fingerprint density at radius 3 is 2.54 bits per heavy atom. The van der Waals surface area contributed by atoms with Crippen molar-refractivity contribution >= 4 is 46.2 Å². The first-order valence-corrected chi connectivity index (χ1v) is 7.92. The van der Waals surface area contributed by atoms with Gasteiger partial charge in [0.25, 0.3) is 11.6 Å². The van der Waals surface area contributed by atoms with E-state index in [0.717, 1.165) is 6.07 Å². The van der Waals surface area contributed by atoms with E-state index in [9.17, 15) is 14.9 Å². The smallest absolute Gasteiger partial charge is 0.288 e. The Morgan fingerprint density at radius 2 is 1.92 bits per heavy atom. The highest BCUT2D eigenvalue weighted by Gasteiger charge is 2.17. The lowest BCUT2D eigenvalue weighted by Crippen LogP contribution is -2.34. The molecule has 2 aromatic rings. The summed E-state index contributed by atoms with van der Waals surface area (Å²) in [7, 11) is 3.00. The van der Waals surface area contributed by atoms with Crippen LogP contribution in [0.25, 0.3) is 0 Å². The highest BCUT2D eigenvalue weighted by molar-refractivity contribution is 7.80. The minimum Gasteiger partial charge on any atom is -0.497 e. The summed E-state index contributed by atoms with van der Waals surface area (Å²) in [5.74, 6) is 0.435. The van der Waals surface area contributed by atoms with Crippen LogP contribution in [0.4, 0.5) is 11.4 Å². The summed E-state index contributed by atoms with van der Waals surface area (Å²) >= 11 is 10.8. The summed E-state index contributed by atoms with van der Waals surface area (Å²) in [5.41, 5.74) is 0.162. The average molecular weight is 396 g/mol. The number of nitrogens with zero attached hydrogens (tertiary/aromatic N) is 1. The third kappa shape index (κ3) is 4.58. The molecule has 0 unspecified atom stereocenters. The fraction of sp³-hybridized carbons (Fsp3) is 0.125. The van der Waals surface area contributed by atoms with Gasteiger partial charge in [0.2, 0.25) is 0 Å². The van der Waals surface area contributed by atoms with Crippen LogP contribution < -0.4 is 20.1 Å². The molecule has 0 saturated carbocycles. The predicted molar refractivity (Wildman–Crippen MR) is 101 cm³/mol. The van der Waals surface area contributed by atoms with E-state index in [1.165, 1.54) is 26.4 Å². The minimum absolute atomic E-state index is 0.0147. The number of carbonyl (C=O) groups excluding carboxylic acids is 1. The number of methoxy groups -OCH3 is 2. The highest BCUT2D eigenvalue weighted by atomic mass is 35.5. The molecule has 0 heterocycles. The van der Waals surface area contributed by atoms with Crippen LogP contribution in [0.1, 0.15) is 10.4 Å². The third-order valence-electron chi connectivity index (χ3n) is 3.29. The Labute approximate surface area is 159 Å². The zero-order valence-corrected chi connectivity index (χ0v) is 15.3. The Kier molecular flexibility index (Phi) is 6.31. The first kappa shape index (κ1) is 19.4. The second kappa shape index (κ2) is 8.45. The molecule has 1 amide bonds. The standard InChI is InChI=1S/C16H14ClN3O5S/c1-24-10-4-6-14(25-2)12(8-10)18-16(26)19-15(21)9-3-5-11(17)13(7-9)20(22)23/h3-8H,1-2H3,(H2,18,19,21,26). The van der Waals surface area contributed by atoms with Crippen molar-refractivity contribution in [1.29, 1.82) is 0 Å². The molecule has 10 heteroatoms. The quantitative estimate of drug-likeness (QED) is 0.454. The molecule has 2 rings (SSSR count). The molecule has 0 saturated heterocycles. The van der Waals surface area contributed by atoms with Gasteiger partial charge < -0.3 is 14.8 Å². The highest BCUT2D eigenvalue weighted by Crippen LogP contribution is 2.29. The van der Waals surface area contributed by atoms with Crippen LogP contribution in [0.3, 0.4) is 0 Å². The van der Waals surface area contributed by atoms with Crippen molar-refractivity contribution in [3.8, 4) is 11.5 Å². The first-order chi connectivity index (χ1) is 12.3. The lowest BCUT2D eigenvalue weighted by atomic mass is 10.2. The lowest BCUT2D eigenvalue weighted by Gasteiger charge is -2.14. The van der Waals surface area contributed by atoms with E-state index >= 15 is 0 Å². The number of carbonyl (C=O) groups is 1. The molecule has 0 spiro atoms. The van der Waals surface area contributed by atoms with Crippen LogP contribution in [0.2, 0.25) is 5.02 Å². The largest absolute Gasteiger partial charge is 0.497 e. The van der Waals surface area contributed by atoms with Gasteiger partial charge in [-0.3, -0.25) is 20.2 Å². The minimum atomic E-state index is -0.670. The molecule has 0 fully saturated rings. The number of halogens is 1. The maximum Gasteiger partial charge on any atom is 0.288 e. The lowest BCUT2D eigenvalue weighted by molar-refractivity contribution is -0.384. The van der Waals surface area contributed by atoms with E-state index in [0.29, 0.717) is 17.2 Å². The molecule has 136 valence electrons. The monoisotopic (exact) mass is 395 g/mol. The van der Waals surface area contributed by atoms with Crippen molar-refractivity contribution < 1.29 is 19.2 Å². The first-order valence-electron chi connectivity index (χ1n) is 7.14. The summed E-state index contributed by atoms with van der Waals surface area (Å²) in [6.45, 7) is 0. The molecule has 0 bridgehead atoms. The number of hydrogen-bond donors (Lipinski definition) is 2. The topological polar surface area (TPSA) is 103 Å². The van der Waals surface area contributed by atoms with Crippen LogP contribution >= 0.6 is 23.8 Å². The molecule has 0 radical (unpaired) electrons. The number of nitro groups is 1. The average Bonchev–Trinajstić information content (AvgIpc) is 2.61. The molecular formula is C16H14ClN3O5S. The number of rotatable bonds is 5. The number of benzene rings is 2. The summed E-state index contributed by atoms with van der Waals surface area (Å²) < 4.78 is 10.3. The zero-order chi connectivity index (χ0) is 19.3. The van der Waals surface area contributed by atoms with Crippen LogP contribution in [-0.2, 0) is 0 Å². The van der Waals surface area contributed by atoms with E-state index in [1.54, 1.807) is 18.2 Å². The van der Waals surface area contributed by atoms with Crippen LogP contribution in [-0.4, -0.2) is 30.2 Å². The summed E-state index contributed by atoms with van der Waals surface area (Å²) in [6.07, 6.45) is 0. The zero-order valence-electron chi connectivity index (χ0n) is 13.7. The Morgan fingerprint density at radius 1 is 1.19 bits per heavy atom. The normalized spacial score (nSPS) is 9.96. The number of nitro benzene ring substituents is 1. The molecule has 2 N–H and O–H groups in total. The van der Waals surface area contributed by atoms with Gasteiger partial charge in [-0.15, -0.1) is 0 Å². The molecule has 0 aliphatic carbocycles. The van der Waals surface area contributed by atoms with E-state index in [4.69, 9.17) is 33.3 Å². The van der Waals surface area contributed by atoms with Crippen LogP contribution in [0.15, 0.2) is 36.4 Å². The van der Waals surface area contributed by atoms with Crippen molar-refractivity contribution in [2.24, 2.45) is 0 Å². The maximum atomic E-state index is 12.2. The molecule has 0 atom stereocenters. The van der Waals surface area contributed by atoms with Gasteiger partial charge in [0.05, 0.1) is 24.8 Å². The molecule has 26 heavy (non-hydrogen) atoms. The second-order valence-electron chi connectivity index (χ2n) is 4.90. The molecule has 0 aliphatic rings. The van der Waals surface area contributed by atoms with Crippen molar-refractivity contribution in [2.75, 3.05) is 19.5 Å². The van der Waals surface area contributed by atoms with Gasteiger partial charge in [0.1, 0.15) is 16.5 Å². The van der Waals surface area contributed by atoms with Gasteiger partial charge in [-0.1, -0.05) is 11.6 Å². The fourth-order valence-corrected chi connectivity index (χ4v) is 2.42. The van der Waals surface area contributed by atoms with Crippen molar-refractivity contribution in [3.63, 3.8) is 0 Å². The second-order valence-corrected chi connectivity index (χ2v) is 5.71. The van der Waals surface area contributed by atoms with Crippen molar-refractivity contribution in [1.82, 2.24) is 5.32 Å². The molecule has 8 nitrogen and oxygen atoms in total. The van der Waals surface area contributed by atoms with Crippen molar-refractivity contribution in [2.45, 2.75) is 0 Å². The van der Waals surface area contributed by atoms with Gasteiger partial charge in [0, 0.05) is 17.7 Å². The molecular weight excluding hydrogens is 382 g/mol. The number of thiocarbonyl (C=S) groups is 1. The Bertz CT molecular complexity index is 875. The van der Waals surface area contributed by atoms with Gasteiger partial charge in [-0.25, -0.2) is 0 Å². The Balaban J connectivity index is 2.14. The molecule has 0 aliphatic heterocycles. The van der Waals surface area contributed by atoms with Gasteiger partial charge in [0.15, 0.2) is 5.11 Å². The van der Waals surface area contributed by atoms with E-state index in [2.05, 4.69) is 10.6 Å². The third-order valence-corrected chi connectivity index (χ3v) is 3.81. The SMILES string of the molecule is COc1ccc(OC)c(NC(=S)NC(=O)c2ccc(Cl)c([N+](=O)[O-])c2)c1. The number of amides is 1. The summed E-state index contributed by atoms with van der Waals surface area (Å²) in [5, 5.41) is 16.1. The number of nitrogens with one attached hydrogen (secondary N) is 2.